The molecule has 23 heavy (non-hydrogen) atoms. The van der Waals surface area contributed by atoms with Crippen LogP contribution in [0.3, 0.4) is 0 Å². The average molecular weight is 316 g/mol. The van der Waals surface area contributed by atoms with Crippen LogP contribution in [0.4, 0.5) is 20.2 Å². The monoisotopic (exact) mass is 316 g/mol. The minimum Gasteiger partial charge on any atom is -0.326 e. The molecule has 2 N–H and O–H groups in total. The minimum absolute atomic E-state index is 0.176. The van der Waals surface area contributed by atoms with Crippen molar-refractivity contribution in [2.45, 2.75) is 6.92 Å². The standard InChI is InChI=1S/C17H14F2N2O2/c1-11(22)20-14-6-2-12(3-7-14)4-9-17(23)21-16-10-13(18)5-8-15(16)19/h2-10H,1H3,(H,20,22)(H,21,23)/b9-4+. The molecule has 4 nitrogen and oxygen atoms in total. The molecule has 0 aliphatic heterocycles. The first-order valence-electron chi connectivity index (χ1n) is 6.76. The summed E-state index contributed by atoms with van der Waals surface area (Å²) in [6.45, 7) is 1.41. The van der Waals surface area contributed by atoms with Crippen LogP contribution in [-0.4, -0.2) is 11.8 Å². The molecule has 6 heteroatoms. The van der Waals surface area contributed by atoms with Crippen LogP contribution < -0.4 is 10.6 Å². The fourth-order valence-corrected chi connectivity index (χ4v) is 1.82. The first kappa shape index (κ1) is 16.4. The summed E-state index contributed by atoms with van der Waals surface area (Å²) in [6, 6.07) is 9.60. The minimum atomic E-state index is -0.715. The van der Waals surface area contributed by atoms with Gasteiger partial charge in [0.05, 0.1) is 5.69 Å². The third-order valence-electron chi connectivity index (χ3n) is 2.84. The number of halogens is 2. The van der Waals surface area contributed by atoms with Gasteiger partial charge in [-0.2, -0.15) is 0 Å². The van der Waals surface area contributed by atoms with E-state index in [9.17, 15) is 18.4 Å². The predicted octanol–water partition coefficient (Wildman–Crippen LogP) is 3.58. The molecule has 0 aromatic heterocycles. The Hall–Kier alpha value is -3.02. The molecular formula is C17H14F2N2O2. The van der Waals surface area contributed by atoms with E-state index in [0.29, 0.717) is 11.3 Å². The average Bonchev–Trinajstić information content (AvgIpc) is 2.50. The van der Waals surface area contributed by atoms with Crippen LogP contribution in [0.2, 0.25) is 0 Å². The Kier molecular flexibility index (Phi) is 5.19. The summed E-state index contributed by atoms with van der Waals surface area (Å²) in [4.78, 5) is 22.6. The predicted molar refractivity (Wildman–Crippen MR) is 84.8 cm³/mol. The summed E-state index contributed by atoms with van der Waals surface area (Å²) in [6.07, 6.45) is 2.72. The quantitative estimate of drug-likeness (QED) is 0.847. The molecule has 118 valence electrons. The molecule has 2 amide bonds. The fourth-order valence-electron chi connectivity index (χ4n) is 1.82. The normalized spacial score (nSPS) is 10.6. The third kappa shape index (κ3) is 5.03. The van der Waals surface area contributed by atoms with E-state index in [-0.39, 0.29) is 11.6 Å². The Labute approximate surface area is 131 Å². The fraction of sp³-hybridized carbons (Fsp3) is 0.0588. The molecule has 0 aliphatic carbocycles. The maximum absolute atomic E-state index is 13.4. The van der Waals surface area contributed by atoms with E-state index in [0.717, 1.165) is 18.2 Å². The molecule has 0 spiro atoms. The lowest BCUT2D eigenvalue weighted by Crippen LogP contribution is -2.09. The highest BCUT2D eigenvalue weighted by molar-refractivity contribution is 6.02. The van der Waals surface area contributed by atoms with Crippen LogP contribution in [0.1, 0.15) is 12.5 Å². The number of hydrogen-bond acceptors (Lipinski definition) is 2. The number of amides is 2. The second-order valence-corrected chi connectivity index (χ2v) is 4.75. The van der Waals surface area contributed by atoms with Gasteiger partial charge in [-0.1, -0.05) is 12.1 Å². The lowest BCUT2D eigenvalue weighted by Gasteiger charge is -2.04. The Bertz CT molecular complexity index is 756. The number of carbonyl (C=O) groups is 2. The van der Waals surface area contributed by atoms with Crippen LogP contribution in [-0.2, 0) is 9.59 Å². The van der Waals surface area contributed by atoms with Gasteiger partial charge in [0.25, 0.3) is 0 Å². The molecule has 0 heterocycles. The Morgan fingerprint density at radius 2 is 1.70 bits per heavy atom. The van der Waals surface area contributed by atoms with Crippen molar-refractivity contribution in [1.82, 2.24) is 0 Å². The number of hydrogen-bond donors (Lipinski definition) is 2. The lowest BCUT2D eigenvalue weighted by atomic mass is 10.2. The molecule has 0 aliphatic rings. The number of benzene rings is 2. The number of anilines is 2. The second kappa shape index (κ2) is 7.31. The van der Waals surface area contributed by atoms with Crippen molar-refractivity contribution in [3.63, 3.8) is 0 Å². The van der Waals surface area contributed by atoms with E-state index in [4.69, 9.17) is 0 Å². The van der Waals surface area contributed by atoms with Crippen molar-refractivity contribution in [2.24, 2.45) is 0 Å². The van der Waals surface area contributed by atoms with Crippen molar-refractivity contribution >= 4 is 29.3 Å². The first-order valence-corrected chi connectivity index (χ1v) is 6.76. The zero-order valence-corrected chi connectivity index (χ0v) is 12.3. The highest BCUT2D eigenvalue weighted by Gasteiger charge is 2.06. The van der Waals surface area contributed by atoms with E-state index in [1.165, 1.54) is 19.1 Å². The van der Waals surface area contributed by atoms with Crippen LogP contribution in [0.5, 0.6) is 0 Å². The molecule has 0 unspecified atom stereocenters. The van der Waals surface area contributed by atoms with Crippen LogP contribution in [0, 0.1) is 11.6 Å². The van der Waals surface area contributed by atoms with Crippen molar-refractivity contribution in [1.29, 1.82) is 0 Å². The summed E-state index contributed by atoms with van der Waals surface area (Å²) in [5.74, 6) is -2.11. The van der Waals surface area contributed by atoms with Gasteiger partial charge in [0.15, 0.2) is 0 Å². The molecule has 0 fully saturated rings. The number of rotatable bonds is 4. The molecule has 2 aromatic carbocycles. The summed E-state index contributed by atoms with van der Waals surface area (Å²) in [5.41, 5.74) is 1.13. The maximum Gasteiger partial charge on any atom is 0.248 e. The second-order valence-electron chi connectivity index (χ2n) is 4.75. The van der Waals surface area contributed by atoms with E-state index in [1.54, 1.807) is 24.3 Å². The zero-order valence-electron chi connectivity index (χ0n) is 12.3. The van der Waals surface area contributed by atoms with Crippen molar-refractivity contribution in [3.8, 4) is 0 Å². The van der Waals surface area contributed by atoms with E-state index >= 15 is 0 Å². The topological polar surface area (TPSA) is 58.2 Å². The zero-order chi connectivity index (χ0) is 16.8. The van der Waals surface area contributed by atoms with Gasteiger partial charge in [-0.15, -0.1) is 0 Å². The van der Waals surface area contributed by atoms with Crippen LogP contribution >= 0.6 is 0 Å². The van der Waals surface area contributed by atoms with Crippen LogP contribution in [0.25, 0.3) is 6.08 Å². The van der Waals surface area contributed by atoms with Gasteiger partial charge in [-0.25, -0.2) is 8.78 Å². The van der Waals surface area contributed by atoms with Gasteiger partial charge in [-0.05, 0) is 35.9 Å². The molecule has 2 rings (SSSR count). The first-order chi connectivity index (χ1) is 10.9. The van der Waals surface area contributed by atoms with Gasteiger partial charge in [0.1, 0.15) is 11.6 Å². The molecule has 0 atom stereocenters. The van der Waals surface area contributed by atoms with Gasteiger partial charge >= 0.3 is 0 Å². The van der Waals surface area contributed by atoms with E-state index in [1.807, 2.05) is 0 Å². The van der Waals surface area contributed by atoms with Crippen molar-refractivity contribution < 1.29 is 18.4 Å². The third-order valence-corrected chi connectivity index (χ3v) is 2.84. The number of nitrogens with one attached hydrogen (secondary N) is 2. The van der Waals surface area contributed by atoms with Gasteiger partial charge in [0, 0.05) is 24.8 Å². The molecule has 0 saturated carbocycles. The summed E-state index contributed by atoms with van der Waals surface area (Å²) in [7, 11) is 0. The molecule has 0 radical (unpaired) electrons. The SMILES string of the molecule is CC(=O)Nc1ccc(/C=C/C(=O)Nc2cc(F)ccc2F)cc1. The lowest BCUT2D eigenvalue weighted by molar-refractivity contribution is -0.114. The highest BCUT2D eigenvalue weighted by Crippen LogP contribution is 2.15. The van der Waals surface area contributed by atoms with Gasteiger partial charge < -0.3 is 10.6 Å². The van der Waals surface area contributed by atoms with Gasteiger partial charge in [-0.3, -0.25) is 9.59 Å². The van der Waals surface area contributed by atoms with Gasteiger partial charge in [0.2, 0.25) is 11.8 Å². The molecule has 0 saturated heterocycles. The maximum atomic E-state index is 13.4. The van der Waals surface area contributed by atoms with Crippen LogP contribution in [0.15, 0.2) is 48.5 Å². The Morgan fingerprint density at radius 1 is 1.00 bits per heavy atom. The summed E-state index contributed by atoms with van der Waals surface area (Å²) in [5, 5.41) is 4.88. The van der Waals surface area contributed by atoms with E-state index in [2.05, 4.69) is 10.6 Å². The Balaban J connectivity index is 2.00. The van der Waals surface area contributed by atoms with Crippen molar-refractivity contribution in [3.05, 3.63) is 65.7 Å². The largest absolute Gasteiger partial charge is 0.326 e. The molecule has 2 aromatic rings. The number of carbonyl (C=O) groups excluding carboxylic acids is 2. The van der Waals surface area contributed by atoms with E-state index < -0.39 is 17.5 Å². The highest BCUT2D eigenvalue weighted by atomic mass is 19.1. The summed E-state index contributed by atoms with van der Waals surface area (Å²) >= 11 is 0. The van der Waals surface area contributed by atoms with Crippen molar-refractivity contribution in [2.75, 3.05) is 10.6 Å². The molecule has 0 bridgehead atoms. The Morgan fingerprint density at radius 3 is 2.35 bits per heavy atom. The smallest absolute Gasteiger partial charge is 0.248 e. The summed E-state index contributed by atoms with van der Waals surface area (Å²) < 4.78 is 26.4. The molecular weight excluding hydrogens is 302 g/mol.